The molecule has 0 atom stereocenters. The van der Waals surface area contributed by atoms with E-state index < -0.39 is 10.0 Å². The lowest BCUT2D eigenvalue weighted by Gasteiger charge is -2.20. The summed E-state index contributed by atoms with van der Waals surface area (Å²) in [6.07, 6.45) is 1.80. The van der Waals surface area contributed by atoms with E-state index in [4.69, 9.17) is 9.47 Å². The highest BCUT2D eigenvalue weighted by Crippen LogP contribution is 2.32. The molecule has 0 radical (unpaired) electrons. The van der Waals surface area contributed by atoms with Gasteiger partial charge in [0.2, 0.25) is 10.0 Å². The van der Waals surface area contributed by atoms with Gasteiger partial charge in [-0.1, -0.05) is 18.2 Å². The van der Waals surface area contributed by atoms with Crippen LogP contribution in [0, 0.1) is 0 Å². The summed E-state index contributed by atoms with van der Waals surface area (Å²) in [5, 5.41) is 0. The molecule has 0 spiro atoms. The van der Waals surface area contributed by atoms with Crippen molar-refractivity contribution in [2.24, 2.45) is 0 Å². The molecule has 26 heavy (non-hydrogen) atoms. The molecule has 0 amide bonds. The quantitative estimate of drug-likeness (QED) is 0.785. The van der Waals surface area contributed by atoms with Gasteiger partial charge in [-0.05, 0) is 36.6 Å². The van der Waals surface area contributed by atoms with E-state index in [1.165, 1.54) is 17.3 Å². The Kier molecular flexibility index (Phi) is 4.74. The van der Waals surface area contributed by atoms with Crippen LogP contribution >= 0.6 is 0 Å². The van der Waals surface area contributed by atoms with Gasteiger partial charge in [0.05, 0.1) is 4.90 Å². The van der Waals surface area contributed by atoms with Gasteiger partial charge >= 0.3 is 0 Å². The SMILES string of the molecule is O=S(=O)(NCCCN1CCc2ccccc21)c1ccc2c(c1)OCCO2. The van der Waals surface area contributed by atoms with E-state index in [2.05, 4.69) is 27.8 Å². The second-order valence-electron chi connectivity index (χ2n) is 6.42. The number of nitrogens with zero attached hydrogens (tertiary/aromatic N) is 1. The predicted molar refractivity (Wildman–Crippen MR) is 99.6 cm³/mol. The zero-order chi connectivity index (χ0) is 18.0. The van der Waals surface area contributed by atoms with Crippen LogP contribution in [0.4, 0.5) is 5.69 Å². The molecule has 138 valence electrons. The van der Waals surface area contributed by atoms with E-state index in [1.54, 1.807) is 12.1 Å². The number of fused-ring (bicyclic) bond motifs is 2. The minimum Gasteiger partial charge on any atom is -0.486 e. The van der Waals surface area contributed by atoms with E-state index in [1.807, 2.05) is 6.07 Å². The van der Waals surface area contributed by atoms with Gasteiger partial charge in [-0.25, -0.2) is 13.1 Å². The molecule has 6 nitrogen and oxygen atoms in total. The smallest absolute Gasteiger partial charge is 0.240 e. The van der Waals surface area contributed by atoms with Crippen LogP contribution in [0.2, 0.25) is 0 Å². The lowest BCUT2D eigenvalue weighted by atomic mass is 10.2. The van der Waals surface area contributed by atoms with Crippen molar-refractivity contribution in [3.63, 3.8) is 0 Å². The summed E-state index contributed by atoms with van der Waals surface area (Å²) in [5.41, 5.74) is 2.63. The van der Waals surface area contributed by atoms with Crippen LogP contribution in [-0.4, -0.2) is 41.3 Å². The Balaban J connectivity index is 1.33. The molecule has 0 saturated carbocycles. The molecule has 4 rings (SSSR count). The Bertz CT molecular complexity index is 898. The molecular formula is C19H22N2O4S. The summed E-state index contributed by atoms with van der Waals surface area (Å²) < 4.78 is 38.6. The van der Waals surface area contributed by atoms with Crippen LogP contribution in [-0.2, 0) is 16.4 Å². The highest BCUT2D eigenvalue weighted by molar-refractivity contribution is 7.89. The maximum Gasteiger partial charge on any atom is 0.240 e. The Hall–Kier alpha value is -2.25. The number of ether oxygens (including phenoxy) is 2. The predicted octanol–water partition coefficient (Wildman–Crippen LogP) is 2.19. The number of hydrogen-bond donors (Lipinski definition) is 1. The van der Waals surface area contributed by atoms with Crippen molar-refractivity contribution < 1.29 is 17.9 Å². The van der Waals surface area contributed by atoms with Crippen molar-refractivity contribution in [3.8, 4) is 11.5 Å². The fourth-order valence-electron chi connectivity index (χ4n) is 3.39. The Morgan fingerprint density at radius 2 is 1.85 bits per heavy atom. The molecule has 2 heterocycles. The summed E-state index contributed by atoms with van der Waals surface area (Å²) in [6, 6.07) is 13.1. The minimum atomic E-state index is -3.55. The van der Waals surface area contributed by atoms with Gasteiger partial charge in [0.15, 0.2) is 11.5 Å². The van der Waals surface area contributed by atoms with Gasteiger partial charge in [0.1, 0.15) is 13.2 Å². The molecule has 7 heteroatoms. The van der Waals surface area contributed by atoms with Crippen molar-refractivity contribution in [2.45, 2.75) is 17.7 Å². The molecule has 2 aromatic rings. The average molecular weight is 374 g/mol. The van der Waals surface area contributed by atoms with E-state index in [-0.39, 0.29) is 4.90 Å². The first-order valence-electron chi connectivity index (χ1n) is 8.86. The summed E-state index contributed by atoms with van der Waals surface area (Å²) in [7, 11) is -3.55. The van der Waals surface area contributed by atoms with Crippen LogP contribution < -0.4 is 19.1 Å². The van der Waals surface area contributed by atoms with E-state index in [0.717, 1.165) is 25.9 Å². The molecule has 2 aromatic carbocycles. The third-order valence-electron chi connectivity index (χ3n) is 4.70. The van der Waals surface area contributed by atoms with Crippen LogP contribution in [0.25, 0.3) is 0 Å². The molecule has 1 N–H and O–H groups in total. The highest BCUT2D eigenvalue weighted by Gasteiger charge is 2.20. The maximum atomic E-state index is 12.5. The van der Waals surface area contributed by atoms with Gasteiger partial charge in [-0.2, -0.15) is 0 Å². The monoisotopic (exact) mass is 374 g/mol. The highest BCUT2D eigenvalue weighted by atomic mass is 32.2. The summed E-state index contributed by atoms with van der Waals surface area (Å²) in [4.78, 5) is 2.52. The van der Waals surface area contributed by atoms with E-state index >= 15 is 0 Å². The summed E-state index contributed by atoms with van der Waals surface area (Å²) in [5.74, 6) is 1.07. The largest absolute Gasteiger partial charge is 0.486 e. The molecular weight excluding hydrogens is 352 g/mol. The third kappa shape index (κ3) is 3.50. The van der Waals surface area contributed by atoms with Crippen LogP contribution in [0.15, 0.2) is 47.4 Å². The average Bonchev–Trinajstić information content (AvgIpc) is 3.08. The molecule has 0 saturated heterocycles. The summed E-state index contributed by atoms with van der Waals surface area (Å²) >= 11 is 0. The fourth-order valence-corrected chi connectivity index (χ4v) is 4.48. The first-order chi connectivity index (χ1) is 12.6. The number of benzene rings is 2. The van der Waals surface area contributed by atoms with Crippen molar-refractivity contribution in [2.75, 3.05) is 37.7 Å². The molecule has 0 aromatic heterocycles. The number of hydrogen-bond acceptors (Lipinski definition) is 5. The standard InChI is InChI=1S/C19H22N2O4S/c22-26(23,16-6-7-18-19(14-16)25-13-12-24-18)20-9-3-10-21-11-8-15-4-1-2-5-17(15)21/h1-2,4-7,14,20H,3,8-13H2. The molecule has 2 aliphatic rings. The van der Waals surface area contributed by atoms with Gasteiger partial charge in [0.25, 0.3) is 0 Å². The number of nitrogens with one attached hydrogen (secondary N) is 1. The second-order valence-corrected chi connectivity index (χ2v) is 8.19. The molecule has 0 bridgehead atoms. The topological polar surface area (TPSA) is 67.9 Å². The number of rotatable bonds is 6. The molecule has 2 aliphatic heterocycles. The molecule has 0 aliphatic carbocycles. The number of para-hydroxylation sites is 1. The summed E-state index contributed by atoms with van der Waals surface area (Å²) in [6.45, 7) is 3.14. The Morgan fingerprint density at radius 1 is 1.04 bits per heavy atom. The zero-order valence-electron chi connectivity index (χ0n) is 14.5. The van der Waals surface area contributed by atoms with Crippen molar-refractivity contribution in [1.29, 1.82) is 0 Å². The Labute approximate surface area is 153 Å². The minimum absolute atomic E-state index is 0.202. The lowest BCUT2D eigenvalue weighted by Crippen LogP contribution is -2.29. The molecule has 0 unspecified atom stereocenters. The Morgan fingerprint density at radius 3 is 2.73 bits per heavy atom. The van der Waals surface area contributed by atoms with Crippen LogP contribution in [0.1, 0.15) is 12.0 Å². The van der Waals surface area contributed by atoms with Crippen molar-refractivity contribution in [1.82, 2.24) is 4.72 Å². The maximum absolute atomic E-state index is 12.5. The number of sulfonamides is 1. The van der Waals surface area contributed by atoms with E-state index in [0.29, 0.717) is 31.3 Å². The molecule has 0 fully saturated rings. The van der Waals surface area contributed by atoms with Gasteiger partial charge in [-0.15, -0.1) is 0 Å². The van der Waals surface area contributed by atoms with E-state index in [9.17, 15) is 8.42 Å². The van der Waals surface area contributed by atoms with Crippen LogP contribution in [0.5, 0.6) is 11.5 Å². The first-order valence-corrected chi connectivity index (χ1v) is 10.3. The zero-order valence-corrected chi connectivity index (χ0v) is 15.3. The number of anilines is 1. The van der Waals surface area contributed by atoms with Gasteiger partial charge in [-0.3, -0.25) is 0 Å². The van der Waals surface area contributed by atoms with Gasteiger partial charge in [0, 0.05) is 31.4 Å². The lowest BCUT2D eigenvalue weighted by molar-refractivity contribution is 0.171. The first kappa shape index (κ1) is 17.2. The fraction of sp³-hybridized carbons (Fsp3) is 0.368. The van der Waals surface area contributed by atoms with Gasteiger partial charge < -0.3 is 14.4 Å². The normalized spacial score (nSPS) is 15.8. The second kappa shape index (κ2) is 7.17. The van der Waals surface area contributed by atoms with Crippen molar-refractivity contribution >= 4 is 15.7 Å². The van der Waals surface area contributed by atoms with Crippen LogP contribution in [0.3, 0.4) is 0 Å². The van der Waals surface area contributed by atoms with Crippen molar-refractivity contribution in [3.05, 3.63) is 48.0 Å². The third-order valence-corrected chi connectivity index (χ3v) is 6.16.